The van der Waals surface area contributed by atoms with Crippen LogP contribution in [0.25, 0.3) is 0 Å². The molecule has 0 aromatic heterocycles. The third-order valence-electron chi connectivity index (χ3n) is 2.86. The molecule has 3 heteroatoms. The molecule has 1 N–H and O–H groups in total. The standard InChI is InChI=1S/C15H22O3/c1-4-6-14(16)15(5-2)18-11-12-7-9-13(17-3)10-8-12/h4,7-10,14-16H,1,5-6,11H2,2-3H3/t14-,15-/m1/s1. The summed E-state index contributed by atoms with van der Waals surface area (Å²) in [6.45, 7) is 6.13. The molecule has 0 fully saturated rings. The van der Waals surface area contributed by atoms with Crippen LogP contribution in [0.15, 0.2) is 36.9 Å². The minimum absolute atomic E-state index is 0.148. The van der Waals surface area contributed by atoms with E-state index in [1.807, 2.05) is 31.2 Å². The van der Waals surface area contributed by atoms with E-state index in [1.165, 1.54) is 0 Å². The van der Waals surface area contributed by atoms with Crippen LogP contribution in [0.5, 0.6) is 5.75 Å². The van der Waals surface area contributed by atoms with Gasteiger partial charge in [-0.1, -0.05) is 25.1 Å². The van der Waals surface area contributed by atoms with Crippen molar-refractivity contribution in [2.45, 2.75) is 38.6 Å². The minimum atomic E-state index is -0.481. The van der Waals surface area contributed by atoms with Gasteiger partial charge in [0.2, 0.25) is 0 Å². The van der Waals surface area contributed by atoms with Gasteiger partial charge in [0.05, 0.1) is 25.9 Å². The number of hydrogen-bond donors (Lipinski definition) is 1. The van der Waals surface area contributed by atoms with Gasteiger partial charge < -0.3 is 14.6 Å². The Morgan fingerprint density at radius 3 is 2.50 bits per heavy atom. The molecule has 2 atom stereocenters. The van der Waals surface area contributed by atoms with Crippen LogP contribution < -0.4 is 4.74 Å². The average Bonchev–Trinajstić information content (AvgIpc) is 2.40. The monoisotopic (exact) mass is 250 g/mol. The molecule has 0 saturated carbocycles. The first kappa shape index (κ1) is 14.7. The van der Waals surface area contributed by atoms with E-state index in [1.54, 1.807) is 13.2 Å². The van der Waals surface area contributed by atoms with Crippen molar-refractivity contribution in [2.75, 3.05) is 7.11 Å². The second-order valence-electron chi connectivity index (χ2n) is 4.20. The van der Waals surface area contributed by atoms with Crippen LogP contribution in [0.1, 0.15) is 25.3 Å². The molecule has 0 aliphatic heterocycles. The Morgan fingerprint density at radius 1 is 1.33 bits per heavy atom. The number of aliphatic hydroxyl groups excluding tert-OH is 1. The second kappa shape index (κ2) is 7.90. The molecular formula is C15H22O3. The molecule has 1 rings (SSSR count). The van der Waals surface area contributed by atoms with E-state index >= 15 is 0 Å². The number of ether oxygens (including phenoxy) is 2. The number of methoxy groups -OCH3 is 1. The van der Waals surface area contributed by atoms with E-state index in [2.05, 4.69) is 6.58 Å². The number of benzene rings is 1. The maximum atomic E-state index is 9.85. The molecule has 1 aromatic carbocycles. The SMILES string of the molecule is C=CC[C@@H](O)[C@@H](CC)OCc1ccc(OC)cc1. The highest BCUT2D eigenvalue weighted by atomic mass is 16.5. The molecule has 100 valence electrons. The van der Waals surface area contributed by atoms with Gasteiger partial charge in [-0.25, -0.2) is 0 Å². The van der Waals surface area contributed by atoms with Crippen LogP contribution >= 0.6 is 0 Å². The Hall–Kier alpha value is -1.32. The molecule has 18 heavy (non-hydrogen) atoms. The summed E-state index contributed by atoms with van der Waals surface area (Å²) in [5, 5.41) is 9.85. The molecule has 0 amide bonds. The lowest BCUT2D eigenvalue weighted by Gasteiger charge is -2.21. The van der Waals surface area contributed by atoms with Crippen molar-refractivity contribution in [1.82, 2.24) is 0 Å². The van der Waals surface area contributed by atoms with Crippen LogP contribution in [0, 0.1) is 0 Å². The highest BCUT2D eigenvalue weighted by Crippen LogP contribution is 2.15. The fourth-order valence-electron chi connectivity index (χ4n) is 1.75. The molecule has 3 nitrogen and oxygen atoms in total. The van der Waals surface area contributed by atoms with Crippen molar-refractivity contribution in [2.24, 2.45) is 0 Å². The summed E-state index contributed by atoms with van der Waals surface area (Å²) in [7, 11) is 1.64. The highest BCUT2D eigenvalue weighted by Gasteiger charge is 2.16. The molecule has 0 heterocycles. The molecule has 0 saturated heterocycles. The maximum absolute atomic E-state index is 9.85. The summed E-state index contributed by atoms with van der Waals surface area (Å²) in [5.74, 6) is 0.831. The van der Waals surface area contributed by atoms with Gasteiger partial charge in [0.15, 0.2) is 0 Å². The van der Waals surface area contributed by atoms with Crippen molar-refractivity contribution < 1.29 is 14.6 Å². The lowest BCUT2D eigenvalue weighted by Crippen LogP contribution is -2.27. The van der Waals surface area contributed by atoms with Crippen molar-refractivity contribution in [3.05, 3.63) is 42.5 Å². The summed E-state index contributed by atoms with van der Waals surface area (Å²) in [6.07, 6.45) is 2.42. The van der Waals surface area contributed by atoms with Gasteiger partial charge in [0.1, 0.15) is 5.75 Å². The predicted octanol–water partition coefficient (Wildman–Crippen LogP) is 2.93. The maximum Gasteiger partial charge on any atom is 0.118 e. The largest absolute Gasteiger partial charge is 0.497 e. The van der Waals surface area contributed by atoms with E-state index in [0.717, 1.165) is 17.7 Å². The summed E-state index contributed by atoms with van der Waals surface area (Å²) >= 11 is 0. The molecule has 0 spiro atoms. The van der Waals surface area contributed by atoms with Crippen molar-refractivity contribution in [3.8, 4) is 5.75 Å². The molecule has 1 aromatic rings. The summed E-state index contributed by atoms with van der Waals surface area (Å²) in [4.78, 5) is 0. The van der Waals surface area contributed by atoms with E-state index in [4.69, 9.17) is 9.47 Å². The van der Waals surface area contributed by atoms with Gasteiger partial charge in [-0.15, -0.1) is 6.58 Å². The Morgan fingerprint density at radius 2 is 2.00 bits per heavy atom. The van der Waals surface area contributed by atoms with Crippen LogP contribution in [0.3, 0.4) is 0 Å². The first-order valence-electron chi connectivity index (χ1n) is 6.24. The molecular weight excluding hydrogens is 228 g/mol. The Balaban J connectivity index is 2.48. The molecule has 0 aliphatic carbocycles. The summed E-state index contributed by atoms with van der Waals surface area (Å²) < 4.78 is 10.8. The smallest absolute Gasteiger partial charge is 0.118 e. The van der Waals surface area contributed by atoms with Crippen molar-refractivity contribution >= 4 is 0 Å². The Labute approximate surface area is 109 Å². The topological polar surface area (TPSA) is 38.7 Å². The van der Waals surface area contributed by atoms with Gasteiger partial charge in [-0.2, -0.15) is 0 Å². The van der Waals surface area contributed by atoms with Crippen molar-refractivity contribution in [1.29, 1.82) is 0 Å². The lowest BCUT2D eigenvalue weighted by molar-refractivity contribution is -0.0457. The fourth-order valence-corrected chi connectivity index (χ4v) is 1.75. The second-order valence-corrected chi connectivity index (χ2v) is 4.20. The summed E-state index contributed by atoms with van der Waals surface area (Å²) in [6, 6.07) is 7.73. The summed E-state index contributed by atoms with van der Waals surface area (Å²) in [5.41, 5.74) is 1.07. The third kappa shape index (κ3) is 4.51. The van der Waals surface area contributed by atoms with Gasteiger partial charge in [-0.3, -0.25) is 0 Å². The van der Waals surface area contributed by atoms with Crippen LogP contribution in [-0.4, -0.2) is 24.4 Å². The lowest BCUT2D eigenvalue weighted by atomic mass is 10.1. The van der Waals surface area contributed by atoms with E-state index < -0.39 is 6.10 Å². The average molecular weight is 250 g/mol. The highest BCUT2D eigenvalue weighted by molar-refractivity contribution is 5.26. The van der Waals surface area contributed by atoms with E-state index in [9.17, 15) is 5.11 Å². The van der Waals surface area contributed by atoms with E-state index in [-0.39, 0.29) is 6.10 Å². The zero-order chi connectivity index (χ0) is 13.4. The van der Waals surface area contributed by atoms with Crippen LogP contribution in [-0.2, 0) is 11.3 Å². The first-order valence-corrected chi connectivity index (χ1v) is 6.24. The van der Waals surface area contributed by atoms with Crippen LogP contribution in [0.4, 0.5) is 0 Å². The number of rotatable bonds is 8. The fraction of sp³-hybridized carbons (Fsp3) is 0.467. The molecule has 0 bridgehead atoms. The molecule has 0 aliphatic rings. The van der Waals surface area contributed by atoms with Gasteiger partial charge in [0, 0.05) is 0 Å². The van der Waals surface area contributed by atoms with Crippen molar-refractivity contribution in [3.63, 3.8) is 0 Å². The van der Waals surface area contributed by atoms with Gasteiger partial charge in [0.25, 0.3) is 0 Å². The van der Waals surface area contributed by atoms with Gasteiger partial charge in [-0.05, 0) is 30.5 Å². The molecule has 0 radical (unpaired) electrons. The Bertz CT molecular complexity index is 345. The normalized spacial score (nSPS) is 13.9. The minimum Gasteiger partial charge on any atom is -0.497 e. The quantitative estimate of drug-likeness (QED) is 0.721. The third-order valence-corrected chi connectivity index (χ3v) is 2.86. The number of aliphatic hydroxyl groups is 1. The number of hydrogen-bond acceptors (Lipinski definition) is 3. The van der Waals surface area contributed by atoms with E-state index in [0.29, 0.717) is 13.0 Å². The zero-order valence-corrected chi connectivity index (χ0v) is 11.1. The van der Waals surface area contributed by atoms with Crippen LogP contribution in [0.2, 0.25) is 0 Å². The first-order chi connectivity index (χ1) is 8.71. The predicted molar refractivity (Wildman–Crippen MR) is 72.7 cm³/mol. The van der Waals surface area contributed by atoms with Gasteiger partial charge >= 0.3 is 0 Å². The molecule has 0 unspecified atom stereocenters. The zero-order valence-electron chi connectivity index (χ0n) is 11.1. The Kier molecular flexibility index (Phi) is 6.47.